The van der Waals surface area contributed by atoms with Gasteiger partial charge in [-0.15, -0.1) is 5.10 Å². The number of benzene rings is 3. The van der Waals surface area contributed by atoms with E-state index in [-0.39, 0.29) is 31.1 Å². The second-order valence-electron chi connectivity index (χ2n) is 10.9. The third kappa shape index (κ3) is 9.44. The lowest BCUT2D eigenvalue weighted by Gasteiger charge is -2.36. The van der Waals surface area contributed by atoms with Gasteiger partial charge >= 0.3 is 5.97 Å². The predicted molar refractivity (Wildman–Crippen MR) is 169 cm³/mol. The predicted octanol–water partition coefficient (Wildman–Crippen LogP) is 5.86. The highest BCUT2D eigenvalue weighted by atomic mass is 32.2. The van der Waals surface area contributed by atoms with E-state index in [1.807, 2.05) is 78.9 Å². The number of hydrogen-bond donors (Lipinski definition) is 3. The average molecular weight is 632 g/mol. The molecule has 1 saturated heterocycles. The molecule has 0 saturated carbocycles. The SMILES string of the molecule is O=C(O)CCCCCCC(=O)Nc1cccc([C@H]2O[C@@H](CSc3nnnn3-c3ccccc3)C[C@@H](c3ccc(CO)cc3)O2)c1. The quantitative estimate of drug-likeness (QED) is 0.108. The van der Waals surface area contributed by atoms with E-state index in [0.717, 1.165) is 35.2 Å². The molecule has 45 heavy (non-hydrogen) atoms. The number of para-hydroxylation sites is 1. The van der Waals surface area contributed by atoms with Crippen LogP contribution in [-0.4, -0.2) is 54.2 Å². The van der Waals surface area contributed by atoms with Gasteiger partial charge in [-0.2, -0.15) is 4.68 Å². The van der Waals surface area contributed by atoms with Gasteiger partial charge in [-0.1, -0.05) is 79.2 Å². The number of carbonyl (C=O) groups is 2. The van der Waals surface area contributed by atoms with Crippen molar-refractivity contribution in [3.05, 3.63) is 95.6 Å². The maximum Gasteiger partial charge on any atom is 0.303 e. The second-order valence-corrected chi connectivity index (χ2v) is 11.8. The number of unbranched alkanes of at least 4 members (excludes halogenated alkanes) is 3. The number of aliphatic carboxylic acids is 1. The van der Waals surface area contributed by atoms with Crippen molar-refractivity contribution in [1.29, 1.82) is 0 Å². The van der Waals surface area contributed by atoms with Crippen LogP contribution in [0.15, 0.2) is 84.0 Å². The first-order valence-corrected chi connectivity index (χ1v) is 16.1. The van der Waals surface area contributed by atoms with Gasteiger partial charge in [-0.25, -0.2) is 0 Å². The molecule has 0 spiro atoms. The number of carbonyl (C=O) groups excluding carboxylic acids is 1. The zero-order valence-corrected chi connectivity index (χ0v) is 25.6. The van der Waals surface area contributed by atoms with Crippen molar-refractivity contribution >= 4 is 29.3 Å². The molecule has 3 atom stereocenters. The van der Waals surface area contributed by atoms with E-state index >= 15 is 0 Å². The molecule has 1 amide bonds. The highest BCUT2D eigenvalue weighted by molar-refractivity contribution is 7.99. The summed E-state index contributed by atoms with van der Waals surface area (Å²) in [7, 11) is 0. The van der Waals surface area contributed by atoms with Gasteiger partial charge in [-0.05, 0) is 58.7 Å². The van der Waals surface area contributed by atoms with E-state index in [2.05, 4.69) is 20.8 Å². The molecule has 3 N–H and O–H groups in total. The van der Waals surface area contributed by atoms with Crippen molar-refractivity contribution in [2.75, 3.05) is 11.1 Å². The summed E-state index contributed by atoms with van der Waals surface area (Å²) in [6, 6.07) is 24.9. The summed E-state index contributed by atoms with van der Waals surface area (Å²) < 4.78 is 14.7. The number of nitrogens with one attached hydrogen (secondary N) is 1. The minimum Gasteiger partial charge on any atom is -0.481 e. The van der Waals surface area contributed by atoms with Crippen molar-refractivity contribution in [3.63, 3.8) is 0 Å². The number of aromatic nitrogens is 4. The number of amides is 1. The number of nitrogens with zero attached hydrogens (tertiary/aromatic N) is 4. The van der Waals surface area contributed by atoms with Gasteiger partial charge in [-0.3, -0.25) is 9.59 Å². The summed E-state index contributed by atoms with van der Waals surface area (Å²) in [5, 5.41) is 34.1. The summed E-state index contributed by atoms with van der Waals surface area (Å²) in [5.41, 5.74) is 4.11. The fraction of sp³-hybridized carbons (Fsp3) is 0.364. The number of rotatable bonds is 15. The number of hydrogen-bond acceptors (Lipinski definition) is 9. The molecule has 1 aliphatic rings. The Hall–Kier alpha value is -4.10. The molecule has 0 aliphatic carbocycles. The van der Waals surface area contributed by atoms with Gasteiger partial charge in [0.2, 0.25) is 11.1 Å². The fourth-order valence-electron chi connectivity index (χ4n) is 5.09. The van der Waals surface area contributed by atoms with E-state index in [9.17, 15) is 14.7 Å². The first-order valence-electron chi connectivity index (χ1n) is 15.1. The molecule has 12 heteroatoms. The van der Waals surface area contributed by atoms with E-state index in [1.54, 1.807) is 4.68 Å². The minimum atomic E-state index is -0.792. The van der Waals surface area contributed by atoms with Crippen LogP contribution in [-0.2, 0) is 25.7 Å². The Morgan fingerprint density at radius 2 is 1.69 bits per heavy atom. The number of aliphatic hydroxyl groups is 1. The van der Waals surface area contributed by atoms with Gasteiger partial charge in [0.1, 0.15) is 0 Å². The van der Waals surface area contributed by atoms with Gasteiger partial charge in [0.05, 0.1) is 24.5 Å². The van der Waals surface area contributed by atoms with E-state index in [0.29, 0.717) is 42.3 Å². The first kappa shape index (κ1) is 32.3. The van der Waals surface area contributed by atoms with Crippen LogP contribution in [0.25, 0.3) is 5.69 Å². The van der Waals surface area contributed by atoms with Gasteiger partial charge in [0.15, 0.2) is 6.29 Å². The minimum absolute atomic E-state index is 0.0316. The molecular weight excluding hydrogens is 594 g/mol. The van der Waals surface area contributed by atoms with Crippen molar-refractivity contribution in [2.24, 2.45) is 0 Å². The van der Waals surface area contributed by atoms with E-state index < -0.39 is 12.3 Å². The smallest absolute Gasteiger partial charge is 0.303 e. The van der Waals surface area contributed by atoms with Gasteiger partial charge in [0, 0.05) is 36.3 Å². The molecule has 4 aromatic rings. The van der Waals surface area contributed by atoms with E-state index in [1.165, 1.54) is 11.8 Å². The molecule has 1 aliphatic heterocycles. The lowest BCUT2D eigenvalue weighted by molar-refractivity contribution is -0.245. The third-order valence-corrected chi connectivity index (χ3v) is 8.49. The number of carboxylic acids is 1. The Balaban J connectivity index is 1.25. The normalized spacial score (nSPS) is 18.0. The van der Waals surface area contributed by atoms with Gasteiger partial charge < -0.3 is 25.0 Å². The van der Waals surface area contributed by atoms with Crippen LogP contribution >= 0.6 is 11.8 Å². The van der Waals surface area contributed by atoms with Crippen LogP contribution in [0.3, 0.4) is 0 Å². The zero-order valence-electron chi connectivity index (χ0n) is 24.8. The standard InChI is InChI=1S/C33H37N5O6S/c39-21-23-15-17-24(18-16-23)29-20-28(22-45-33-35-36-37-38(33)27-11-4-3-5-12-27)43-32(44-29)25-9-8-10-26(19-25)34-30(40)13-6-1-2-7-14-31(41)42/h3-5,8-12,15-19,28-29,32,39H,1-2,6-7,13-14,20-22H2,(H,34,40)(H,41,42)/t28-,29+,32+/m1/s1. The van der Waals surface area contributed by atoms with Crippen LogP contribution in [0.2, 0.25) is 0 Å². The largest absolute Gasteiger partial charge is 0.481 e. The number of thioether (sulfide) groups is 1. The monoisotopic (exact) mass is 631 g/mol. The van der Waals surface area contributed by atoms with E-state index in [4.69, 9.17) is 14.6 Å². The van der Waals surface area contributed by atoms with Crippen molar-refractivity contribution < 1.29 is 29.3 Å². The number of tetrazole rings is 1. The number of anilines is 1. The Morgan fingerprint density at radius 1 is 0.911 bits per heavy atom. The molecule has 2 heterocycles. The number of ether oxygens (including phenoxy) is 2. The molecule has 5 rings (SSSR count). The van der Waals surface area contributed by atoms with Crippen LogP contribution in [0.4, 0.5) is 5.69 Å². The molecular formula is C33H37N5O6S. The summed E-state index contributed by atoms with van der Waals surface area (Å²) in [6.07, 6.45) is 2.91. The molecule has 0 bridgehead atoms. The molecule has 236 valence electrons. The maximum atomic E-state index is 12.6. The summed E-state index contributed by atoms with van der Waals surface area (Å²) >= 11 is 1.51. The molecule has 1 aromatic heterocycles. The average Bonchev–Trinajstić information content (AvgIpc) is 3.54. The third-order valence-electron chi connectivity index (χ3n) is 7.44. The summed E-state index contributed by atoms with van der Waals surface area (Å²) in [4.78, 5) is 23.3. The number of aliphatic hydroxyl groups excluding tert-OH is 1. The molecule has 11 nitrogen and oxygen atoms in total. The fourth-order valence-corrected chi connectivity index (χ4v) is 6.00. The Labute approximate surface area is 266 Å². The first-order chi connectivity index (χ1) is 22.0. The van der Waals surface area contributed by atoms with Crippen LogP contribution in [0, 0.1) is 0 Å². The second kappa shape index (κ2) is 16.3. The Morgan fingerprint density at radius 3 is 2.44 bits per heavy atom. The van der Waals surface area contributed by atoms with Crippen molar-refractivity contribution in [2.45, 2.75) is 75.2 Å². The Bertz CT molecular complexity index is 1530. The van der Waals surface area contributed by atoms with Crippen LogP contribution < -0.4 is 5.32 Å². The van der Waals surface area contributed by atoms with Crippen LogP contribution in [0.1, 0.15) is 74.0 Å². The zero-order chi connectivity index (χ0) is 31.4. The van der Waals surface area contributed by atoms with Gasteiger partial charge in [0.25, 0.3) is 0 Å². The highest BCUT2D eigenvalue weighted by Gasteiger charge is 2.33. The highest BCUT2D eigenvalue weighted by Crippen LogP contribution is 2.40. The molecule has 1 fully saturated rings. The lowest BCUT2D eigenvalue weighted by atomic mass is 10.0. The lowest BCUT2D eigenvalue weighted by Crippen LogP contribution is -2.31. The number of carboxylic acid groups (broad SMARTS) is 1. The molecule has 3 aromatic carbocycles. The molecule has 0 radical (unpaired) electrons. The topological polar surface area (TPSA) is 149 Å². The Kier molecular flexibility index (Phi) is 11.7. The van der Waals surface area contributed by atoms with Crippen molar-refractivity contribution in [3.8, 4) is 5.69 Å². The summed E-state index contributed by atoms with van der Waals surface area (Å²) in [5.74, 6) is -0.302. The van der Waals surface area contributed by atoms with Crippen LogP contribution in [0.5, 0.6) is 0 Å². The molecule has 0 unspecified atom stereocenters. The van der Waals surface area contributed by atoms with Crippen molar-refractivity contribution in [1.82, 2.24) is 20.2 Å². The maximum absolute atomic E-state index is 12.6. The summed E-state index contributed by atoms with van der Waals surface area (Å²) in [6.45, 7) is -0.0316.